The second-order valence-corrected chi connectivity index (χ2v) is 1.44. The summed E-state index contributed by atoms with van der Waals surface area (Å²) >= 11 is 0. The maximum atomic E-state index is 8.74. The molecule has 0 saturated carbocycles. The number of rotatable bonds is 0. The average molecular weight is 109 g/mol. The van der Waals surface area contributed by atoms with E-state index in [4.69, 9.17) is 5.11 Å². The smallest absolute Gasteiger partial charge is 0.188 e. The van der Waals surface area contributed by atoms with Gasteiger partial charge in [0.25, 0.3) is 0 Å². The number of aliphatic hydroxyl groups is 1. The Balaban J connectivity index is 2.69. The highest BCUT2D eigenvalue weighted by Gasteiger charge is 1.83. The van der Waals surface area contributed by atoms with Crippen LogP contribution >= 0.6 is 0 Å². The van der Waals surface area contributed by atoms with E-state index in [1.165, 1.54) is 0 Å². The molecule has 0 fully saturated rings. The molecule has 0 amide bonds. The van der Waals surface area contributed by atoms with Crippen LogP contribution in [-0.4, -0.2) is 5.11 Å². The summed E-state index contributed by atoms with van der Waals surface area (Å²) < 4.78 is 0. The second kappa shape index (κ2) is 2.21. The highest BCUT2D eigenvalue weighted by atomic mass is 16.3. The molecule has 2 heteroatoms. The van der Waals surface area contributed by atoms with Gasteiger partial charge in [-0.1, -0.05) is 12.2 Å². The van der Waals surface area contributed by atoms with E-state index < -0.39 is 0 Å². The van der Waals surface area contributed by atoms with Crippen molar-refractivity contribution in [3.8, 4) is 0 Å². The molecule has 0 aromatic heterocycles. The van der Waals surface area contributed by atoms with E-state index in [9.17, 15) is 0 Å². The largest absolute Gasteiger partial charge is 0.495 e. The fourth-order valence-electron chi connectivity index (χ4n) is 0.448. The van der Waals surface area contributed by atoms with Crippen molar-refractivity contribution >= 4 is 0 Å². The van der Waals surface area contributed by atoms with Crippen molar-refractivity contribution < 1.29 is 5.11 Å². The Hall–Kier alpha value is -1.18. The third-order valence-corrected chi connectivity index (χ3v) is 0.804. The van der Waals surface area contributed by atoms with Crippen LogP contribution in [0.15, 0.2) is 36.4 Å². The highest BCUT2D eigenvalue weighted by Crippen LogP contribution is 1.88. The maximum Gasteiger partial charge on any atom is 0.188 e. The summed E-state index contributed by atoms with van der Waals surface area (Å²) in [5, 5.41) is 11.4. The number of allylic oxidation sites excluding steroid dienone is 4. The SMILES string of the molecule is OC1=CC=CC=CN1. The van der Waals surface area contributed by atoms with Gasteiger partial charge < -0.3 is 10.4 Å². The Kier molecular flexibility index (Phi) is 1.37. The molecule has 0 aliphatic carbocycles. The van der Waals surface area contributed by atoms with Crippen molar-refractivity contribution in [3.05, 3.63) is 36.4 Å². The van der Waals surface area contributed by atoms with Crippen LogP contribution in [0.1, 0.15) is 0 Å². The van der Waals surface area contributed by atoms with Crippen LogP contribution in [0.5, 0.6) is 0 Å². The summed E-state index contributed by atoms with van der Waals surface area (Å²) in [5.41, 5.74) is 0. The van der Waals surface area contributed by atoms with Crippen LogP contribution in [0.4, 0.5) is 0 Å². The van der Waals surface area contributed by atoms with E-state index in [0.29, 0.717) is 0 Å². The lowest BCUT2D eigenvalue weighted by molar-refractivity contribution is 0.383. The third kappa shape index (κ3) is 1.15. The normalized spacial score (nSPS) is 16.8. The number of hydrogen-bond acceptors (Lipinski definition) is 2. The molecule has 1 aliphatic heterocycles. The summed E-state index contributed by atoms with van der Waals surface area (Å²) in [5.74, 6) is 0.176. The molecule has 0 unspecified atom stereocenters. The van der Waals surface area contributed by atoms with Crippen molar-refractivity contribution in [2.24, 2.45) is 0 Å². The number of aliphatic hydroxyl groups excluding tert-OH is 1. The topological polar surface area (TPSA) is 32.3 Å². The quantitative estimate of drug-likeness (QED) is 0.487. The lowest BCUT2D eigenvalue weighted by atomic mass is 10.5. The summed E-state index contributed by atoms with van der Waals surface area (Å²) in [6.45, 7) is 0. The van der Waals surface area contributed by atoms with Gasteiger partial charge in [-0.05, 0) is 12.2 Å². The van der Waals surface area contributed by atoms with Gasteiger partial charge >= 0.3 is 0 Å². The van der Waals surface area contributed by atoms with Gasteiger partial charge in [-0.3, -0.25) is 0 Å². The summed E-state index contributed by atoms with van der Waals surface area (Å²) in [6, 6.07) is 0. The molecule has 1 rings (SSSR count). The molecule has 0 aromatic rings. The van der Waals surface area contributed by atoms with Gasteiger partial charge in [0, 0.05) is 6.20 Å². The van der Waals surface area contributed by atoms with Crippen molar-refractivity contribution in [3.63, 3.8) is 0 Å². The Bertz CT molecular complexity index is 156. The van der Waals surface area contributed by atoms with Crippen LogP contribution in [-0.2, 0) is 0 Å². The van der Waals surface area contributed by atoms with Crippen molar-refractivity contribution in [2.75, 3.05) is 0 Å². The zero-order valence-electron chi connectivity index (χ0n) is 4.33. The maximum absolute atomic E-state index is 8.74. The van der Waals surface area contributed by atoms with E-state index in [1.54, 1.807) is 24.4 Å². The molecule has 2 nitrogen and oxygen atoms in total. The summed E-state index contributed by atoms with van der Waals surface area (Å²) in [4.78, 5) is 0. The summed E-state index contributed by atoms with van der Waals surface area (Å²) in [6.07, 6.45) is 8.64. The Morgan fingerprint density at radius 2 is 2.12 bits per heavy atom. The molecule has 8 heavy (non-hydrogen) atoms. The van der Waals surface area contributed by atoms with Crippen LogP contribution < -0.4 is 5.32 Å². The minimum absolute atomic E-state index is 0.176. The first-order chi connectivity index (χ1) is 3.89. The van der Waals surface area contributed by atoms with E-state index in [0.717, 1.165) is 0 Å². The molecule has 1 heterocycles. The Labute approximate surface area is 47.8 Å². The van der Waals surface area contributed by atoms with Crippen LogP contribution in [0.2, 0.25) is 0 Å². The van der Waals surface area contributed by atoms with E-state index >= 15 is 0 Å². The first-order valence-corrected chi connectivity index (χ1v) is 2.38. The predicted molar refractivity (Wildman–Crippen MR) is 32.1 cm³/mol. The minimum atomic E-state index is 0.176. The fourth-order valence-corrected chi connectivity index (χ4v) is 0.448. The minimum Gasteiger partial charge on any atom is -0.495 e. The van der Waals surface area contributed by atoms with Gasteiger partial charge in [-0.25, -0.2) is 0 Å². The molecule has 0 bridgehead atoms. The molecular formula is C6H7NO. The van der Waals surface area contributed by atoms with Gasteiger partial charge in [-0.15, -0.1) is 0 Å². The van der Waals surface area contributed by atoms with E-state index in [1.807, 2.05) is 6.08 Å². The standard InChI is InChI=1S/C6H7NO/c8-6-4-2-1-3-5-7-6/h1-5,7-8H. The molecule has 0 spiro atoms. The van der Waals surface area contributed by atoms with Gasteiger partial charge in [0.2, 0.25) is 0 Å². The Morgan fingerprint density at radius 3 is 3.00 bits per heavy atom. The van der Waals surface area contributed by atoms with Crippen molar-refractivity contribution in [2.45, 2.75) is 0 Å². The van der Waals surface area contributed by atoms with Crippen LogP contribution in [0.25, 0.3) is 0 Å². The zero-order chi connectivity index (χ0) is 5.82. The molecule has 0 aromatic carbocycles. The summed E-state index contributed by atoms with van der Waals surface area (Å²) in [7, 11) is 0. The Morgan fingerprint density at radius 1 is 1.25 bits per heavy atom. The van der Waals surface area contributed by atoms with E-state index in [-0.39, 0.29) is 5.88 Å². The lowest BCUT2D eigenvalue weighted by Gasteiger charge is -1.91. The van der Waals surface area contributed by atoms with Crippen LogP contribution in [0, 0.1) is 0 Å². The van der Waals surface area contributed by atoms with Gasteiger partial charge in [0.15, 0.2) is 5.88 Å². The van der Waals surface area contributed by atoms with Gasteiger partial charge in [0.05, 0.1) is 0 Å². The highest BCUT2D eigenvalue weighted by molar-refractivity contribution is 5.17. The molecule has 42 valence electrons. The molecule has 0 saturated heterocycles. The lowest BCUT2D eigenvalue weighted by Crippen LogP contribution is -2.01. The predicted octanol–water partition coefficient (Wildman–Crippen LogP) is 1.06. The molecule has 0 radical (unpaired) electrons. The van der Waals surface area contributed by atoms with Crippen molar-refractivity contribution in [1.82, 2.24) is 5.32 Å². The van der Waals surface area contributed by atoms with E-state index in [2.05, 4.69) is 5.32 Å². The second-order valence-electron chi connectivity index (χ2n) is 1.44. The first kappa shape index (κ1) is 4.97. The molecule has 1 aliphatic rings. The fraction of sp³-hybridized carbons (Fsp3) is 0. The molecule has 2 N–H and O–H groups in total. The van der Waals surface area contributed by atoms with Crippen molar-refractivity contribution in [1.29, 1.82) is 0 Å². The molecule has 0 atom stereocenters. The van der Waals surface area contributed by atoms with Gasteiger partial charge in [-0.2, -0.15) is 0 Å². The average Bonchev–Trinajstić information content (AvgIpc) is 1.94. The monoisotopic (exact) mass is 109 g/mol. The zero-order valence-corrected chi connectivity index (χ0v) is 4.33. The van der Waals surface area contributed by atoms with Crippen LogP contribution in [0.3, 0.4) is 0 Å². The third-order valence-electron chi connectivity index (χ3n) is 0.804. The first-order valence-electron chi connectivity index (χ1n) is 2.38. The van der Waals surface area contributed by atoms with Gasteiger partial charge in [0.1, 0.15) is 0 Å². The number of hydrogen-bond donors (Lipinski definition) is 2. The number of nitrogens with one attached hydrogen (secondary N) is 1. The molecular weight excluding hydrogens is 102 g/mol.